The molecule has 0 aliphatic rings. The first-order chi connectivity index (χ1) is 0. The van der Waals surface area contributed by atoms with E-state index in [1.165, 1.54) is 0 Å². The van der Waals surface area contributed by atoms with Gasteiger partial charge in [0.05, 0.1) is 0 Å². The first-order valence-electron chi connectivity index (χ1n) is 0. The van der Waals surface area contributed by atoms with Crippen LogP contribution in [0.4, 0.5) is 0 Å². The topological polar surface area (TPSA) is 57.0 Å². The third-order valence-electron chi connectivity index (χ3n) is 0. The van der Waals surface area contributed by atoms with Gasteiger partial charge in [-0.15, -0.1) is 0 Å². The summed E-state index contributed by atoms with van der Waals surface area (Å²) in [4.78, 5) is 0. The molecule has 0 atom stereocenters. The molecule has 0 N–H and O–H groups in total. The van der Waals surface area contributed by atoms with Crippen LogP contribution in [-0.4, -0.2) is 45.5 Å². The van der Waals surface area contributed by atoms with Crippen molar-refractivity contribution in [2.75, 3.05) is 0 Å². The average Bonchev–Trinajstić information content (AvgIpc) is 0. The van der Waals surface area contributed by atoms with Crippen LogP contribution < -0.4 is 0 Å². The quantitative estimate of drug-likeness (QED) is 0.494. The van der Waals surface area contributed by atoms with Crippen LogP contribution in [0, 0.1) is 0 Å². The zero-order valence-corrected chi connectivity index (χ0v) is 5.84. The normalized spacial score (nSPS) is 0. The van der Waals surface area contributed by atoms with Gasteiger partial charge >= 0.3 is 67.2 Å². The molecule has 0 rings (SSSR count). The summed E-state index contributed by atoms with van der Waals surface area (Å²) in [5.74, 6) is 0. The fraction of sp³-hybridized carbons (Fsp3) is 0. The van der Waals surface area contributed by atoms with Gasteiger partial charge in [0, 0.05) is 26.2 Å². The minimum absolute atomic E-state index is 0. The van der Waals surface area contributed by atoms with Crippen molar-refractivity contribution in [3.05, 3.63) is 0 Å². The monoisotopic (exact) mass is 260 g/mol. The third kappa shape index (κ3) is 19.4. The molecule has 0 unspecified atom stereocenters. The molecule has 0 aromatic carbocycles. The number of hydrogen-bond donors (Lipinski definition) is 0. The summed E-state index contributed by atoms with van der Waals surface area (Å²) in [6.07, 6.45) is 0. The molecule has 0 amide bonds. The summed E-state index contributed by atoms with van der Waals surface area (Å²) in [7, 11) is 0. The first kappa shape index (κ1) is 43.6. The van der Waals surface area contributed by atoms with E-state index in [1.807, 2.05) is 0 Å². The second-order valence-corrected chi connectivity index (χ2v) is 0. The van der Waals surface area contributed by atoms with Crippen molar-refractivity contribution in [2.24, 2.45) is 0 Å². The van der Waals surface area contributed by atoms with Crippen LogP contribution in [-0.2, 0) is 58.9 Å². The van der Waals surface area contributed by atoms with Crippen molar-refractivity contribution < 1.29 is 58.9 Å². The Balaban J connectivity index is 0. The molecule has 0 aliphatic carbocycles. The maximum absolute atomic E-state index is 0. The van der Waals surface area contributed by atoms with Gasteiger partial charge in [-0.25, -0.2) is 0 Å². The standard InChI is InChI=1S/2O.Sr.Ti.Zr.2H/q2*-2;;+4;;;. The van der Waals surface area contributed by atoms with Crippen LogP contribution in [0.25, 0.3) is 0 Å². The van der Waals surface area contributed by atoms with Crippen molar-refractivity contribution >= 4 is 45.5 Å². The summed E-state index contributed by atoms with van der Waals surface area (Å²) in [6, 6.07) is 0. The predicted molar refractivity (Wildman–Crippen MR) is 9.92 cm³/mol. The van der Waals surface area contributed by atoms with Crippen molar-refractivity contribution in [1.82, 2.24) is 0 Å². The van der Waals surface area contributed by atoms with E-state index in [-0.39, 0.29) is 104 Å². The Bertz CT molecular complexity index is 9.61. The molecule has 0 fully saturated rings. The second-order valence-electron chi connectivity index (χ2n) is 0. The Morgan fingerprint density at radius 2 is 0.800 bits per heavy atom. The molecule has 0 heterocycles. The van der Waals surface area contributed by atoms with Gasteiger partial charge in [0.2, 0.25) is 0 Å². The molecule has 0 radical (unpaired) electrons. The van der Waals surface area contributed by atoms with Gasteiger partial charge in [-0.2, -0.15) is 0 Å². The SMILES string of the molecule is [O-2].[O-2].[SrH2].[Ti+4].[Zr]. The summed E-state index contributed by atoms with van der Waals surface area (Å²) < 4.78 is 0. The Kier molecular flexibility index (Phi) is 244. The minimum atomic E-state index is 0. The molecule has 24 valence electrons. The van der Waals surface area contributed by atoms with Crippen molar-refractivity contribution in [1.29, 1.82) is 0 Å². The maximum atomic E-state index is 0. The van der Waals surface area contributed by atoms with Crippen LogP contribution in [0.15, 0.2) is 0 Å². The van der Waals surface area contributed by atoms with Gasteiger partial charge in [-0.1, -0.05) is 0 Å². The molecule has 0 spiro atoms. The Hall–Kier alpha value is 3.00. The molecule has 5 heavy (non-hydrogen) atoms. The second kappa shape index (κ2) is 28.0. The summed E-state index contributed by atoms with van der Waals surface area (Å²) in [5.41, 5.74) is 0. The van der Waals surface area contributed by atoms with Crippen molar-refractivity contribution in [3.8, 4) is 0 Å². The number of hydrogen-bond acceptors (Lipinski definition) is 0. The fourth-order valence-electron chi connectivity index (χ4n) is 0. The van der Waals surface area contributed by atoms with Crippen LogP contribution in [0.2, 0.25) is 0 Å². The largest absolute Gasteiger partial charge is 4.00 e. The van der Waals surface area contributed by atoms with Crippen LogP contribution >= 0.6 is 0 Å². The Morgan fingerprint density at radius 1 is 0.800 bits per heavy atom. The number of rotatable bonds is 0. The maximum Gasteiger partial charge on any atom is 4.00 e. The van der Waals surface area contributed by atoms with E-state index in [0.717, 1.165) is 0 Å². The van der Waals surface area contributed by atoms with Gasteiger partial charge in [0.15, 0.2) is 0 Å². The molecule has 5 heteroatoms. The van der Waals surface area contributed by atoms with E-state index in [2.05, 4.69) is 0 Å². The van der Waals surface area contributed by atoms with Gasteiger partial charge in [-0.05, 0) is 0 Å². The van der Waals surface area contributed by atoms with Crippen LogP contribution in [0.1, 0.15) is 0 Å². The molecular formula is H2O2SrTiZr. The molecule has 2 nitrogen and oxygen atoms in total. The first-order valence-corrected chi connectivity index (χ1v) is 0. The predicted octanol–water partition coefficient (Wildman–Crippen LogP) is -1.16. The Labute approximate surface area is 102 Å². The fourth-order valence-corrected chi connectivity index (χ4v) is 0. The van der Waals surface area contributed by atoms with Crippen LogP contribution in [0.5, 0.6) is 0 Å². The zero-order chi connectivity index (χ0) is 0. The average molecular weight is 261 g/mol. The van der Waals surface area contributed by atoms with Gasteiger partial charge in [0.1, 0.15) is 0 Å². The third-order valence-corrected chi connectivity index (χ3v) is 0. The molecule has 0 aromatic rings. The smallest absolute Gasteiger partial charge is 0 e. The van der Waals surface area contributed by atoms with Gasteiger partial charge in [-0.3, -0.25) is 0 Å². The summed E-state index contributed by atoms with van der Waals surface area (Å²) in [6.45, 7) is 0. The van der Waals surface area contributed by atoms with Gasteiger partial charge in [0.25, 0.3) is 0 Å². The van der Waals surface area contributed by atoms with E-state index in [9.17, 15) is 0 Å². The zero-order valence-electron chi connectivity index (χ0n) is 1.82. The molecule has 0 saturated carbocycles. The van der Waals surface area contributed by atoms with Gasteiger partial charge < -0.3 is 11.0 Å². The molecule has 0 bridgehead atoms. The Morgan fingerprint density at radius 3 is 0.800 bits per heavy atom. The van der Waals surface area contributed by atoms with E-state index in [0.29, 0.717) is 0 Å². The van der Waals surface area contributed by atoms with Crippen molar-refractivity contribution in [2.45, 2.75) is 0 Å². The van der Waals surface area contributed by atoms with E-state index in [4.69, 9.17) is 0 Å². The van der Waals surface area contributed by atoms with E-state index >= 15 is 0 Å². The van der Waals surface area contributed by atoms with Crippen molar-refractivity contribution in [3.63, 3.8) is 0 Å². The van der Waals surface area contributed by atoms with E-state index < -0.39 is 0 Å². The summed E-state index contributed by atoms with van der Waals surface area (Å²) in [5, 5.41) is 0. The van der Waals surface area contributed by atoms with Crippen LogP contribution in [0.3, 0.4) is 0 Å². The molecule has 0 aromatic heterocycles. The molecule has 0 saturated heterocycles. The van der Waals surface area contributed by atoms with E-state index in [1.54, 1.807) is 0 Å². The summed E-state index contributed by atoms with van der Waals surface area (Å²) >= 11 is 0. The molecular weight excluding hydrogens is 259 g/mol. The molecule has 0 aliphatic heterocycles. The minimum Gasteiger partial charge on any atom is 0 e.